The third-order valence-corrected chi connectivity index (χ3v) is 4.54. The van der Waals surface area contributed by atoms with E-state index in [9.17, 15) is 4.79 Å². The lowest BCUT2D eigenvalue weighted by atomic mass is 9.69. The Labute approximate surface area is 105 Å². The summed E-state index contributed by atoms with van der Waals surface area (Å²) in [7, 11) is 0. The van der Waals surface area contributed by atoms with Gasteiger partial charge in [0.15, 0.2) is 0 Å². The fraction of sp³-hybridized carbons (Fsp3) is 0.538. The van der Waals surface area contributed by atoms with Crippen molar-refractivity contribution in [3.63, 3.8) is 0 Å². The Hall–Kier alpha value is -1.34. The molecule has 90 valence electrons. The third-order valence-electron chi connectivity index (χ3n) is 3.46. The Morgan fingerprint density at radius 1 is 1.65 bits per heavy atom. The summed E-state index contributed by atoms with van der Waals surface area (Å²) >= 11 is 1.72. The molecule has 1 aliphatic rings. The van der Waals surface area contributed by atoms with Crippen LogP contribution in [0.5, 0.6) is 0 Å². The second-order valence-corrected chi connectivity index (χ2v) is 5.58. The van der Waals surface area contributed by atoms with E-state index in [4.69, 9.17) is 5.26 Å². The minimum Gasteiger partial charge on any atom is -0.354 e. The van der Waals surface area contributed by atoms with Crippen molar-refractivity contribution in [3.05, 3.63) is 21.9 Å². The summed E-state index contributed by atoms with van der Waals surface area (Å²) in [5.41, 5.74) is 0.563. The van der Waals surface area contributed by atoms with Gasteiger partial charge in [-0.3, -0.25) is 4.79 Å². The molecule has 1 saturated carbocycles. The van der Waals surface area contributed by atoms with Crippen molar-refractivity contribution in [1.82, 2.24) is 5.32 Å². The van der Waals surface area contributed by atoms with Gasteiger partial charge in [0.05, 0.1) is 6.07 Å². The van der Waals surface area contributed by atoms with Crippen LogP contribution in [0, 0.1) is 23.7 Å². The molecule has 1 fully saturated rings. The van der Waals surface area contributed by atoms with Crippen molar-refractivity contribution in [2.24, 2.45) is 5.41 Å². The lowest BCUT2D eigenvalue weighted by Crippen LogP contribution is -2.45. The van der Waals surface area contributed by atoms with E-state index in [2.05, 4.69) is 29.8 Å². The van der Waals surface area contributed by atoms with E-state index < -0.39 is 5.41 Å². The Morgan fingerprint density at radius 3 is 2.88 bits per heavy atom. The monoisotopic (exact) mass is 248 g/mol. The van der Waals surface area contributed by atoms with Crippen LogP contribution >= 0.6 is 11.3 Å². The topological polar surface area (TPSA) is 52.9 Å². The van der Waals surface area contributed by atoms with E-state index in [0.29, 0.717) is 19.4 Å². The number of hydrogen-bond acceptors (Lipinski definition) is 3. The summed E-state index contributed by atoms with van der Waals surface area (Å²) in [6.07, 6.45) is 3.28. The summed E-state index contributed by atoms with van der Waals surface area (Å²) in [6, 6.07) is 4.25. The van der Waals surface area contributed by atoms with Crippen molar-refractivity contribution in [2.75, 3.05) is 6.54 Å². The molecule has 0 spiro atoms. The standard InChI is InChI=1S/C13H16N2OS/c1-10-4-8-17-11(10)3-7-15-12(16)13(9-14)5-2-6-13/h4,8H,2-3,5-7H2,1H3,(H,15,16). The normalized spacial score (nSPS) is 16.9. The molecule has 3 nitrogen and oxygen atoms in total. The highest BCUT2D eigenvalue weighted by atomic mass is 32.1. The van der Waals surface area contributed by atoms with Crippen LogP contribution in [-0.4, -0.2) is 12.5 Å². The first-order valence-corrected chi connectivity index (χ1v) is 6.78. The SMILES string of the molecule is Cc1ccsc1CCNC(=O)C1(C#N)CCC1. The van der Waals surface area contributed by atoms with Gasteiger partial charge in [-0.25, -0.2) is 0 Å². The molecular formula is C13H16N2OS. The van der Waals surface area contributed by atoms with Crippen molar-refractivity contribution in [3.8, 4) is 6.07 Å². The molecule has 4 heteroatoms. The highest BCUT2D eigenvalue weighted by molar-refractivity contribution is 7.10. The second kappa shape index (κ2) is 4.89. The van der Waals surface area contributed by atoms with Gasteiger partial charge in [0, 0.05) is 11.4 Å². The van der Waals surface area contributed by atoms with Crippen LogP contribution < -0.4 is 5.32 Å². The van der Waals surface area contributed by atoms with E-state index in [1.54, 1.807) is 11.3 Å². The van der Waals surface area contributed by atoms with E-state index in [-0.39, 0.29) is 5.91 Å². The molecule has 1 aliphatic carbocycles. The second-order valence-electron chi connectivity index (χ2n) is 4.58. The van der Waals surface area contributed by atoms with E-state index >= 15 is 0 Å². The molecule has 1 N–H and O–H groups in total. The number of amides is 1. The summed E-state index contributed by atoms with van der Waals surface area (Å²) in [5, 5.41) is 14.0. The number of nitrogens with one attached hydrogen (secondary N) is 1. The number of aryl methyl sites for hydroxylation is 1. The van der Waals surface area contributed by atoms with E-state index in [1.807, 2.05) is 0 Å². The summed E-state index contributed by atoms with van der Waals surface area (Å²) < 4.78 is 0. The van der Waals surface area contributed by atoms with Gasteiger partial charge in [-0.1, -0.05) is 0 Å². The summed E-state index contributed by atoms with van der Waals surface area (Å²) in [6.45, 7) is 2.71. The summed E-state index contributed by atoms with van der Waals surface area (Å²) in [4.78, 5) is 13.2. The quantitative estimate of drug-likeness (QED) is 0.889. The minimum absolute atomic E-state index is 0.0829. The zero-order valence-corrected chi connectivity index (χ0v) is 10.8. The van der Waals surface area contributed by atoms with Gasteiger partial charge in [0.1, 0.15) is 5.41 Å². The van der Waals surface area contributed by atoms with Crippen LogP contribution in [-0.2, 0) is 11.2 Å². The number of nitrogens with zero attached hydrogens (tertiary/aromatic N) is 1. The largest absolute Gasteiger partial charge is 0.354 e. The van der Waals surface area contributed by atoms with Crippen molar-refractivity contribution in [2.45, 2.75) is 32.6 Å². The van der Waals surface area contributed by atoms with Gasteiger partial charge in [-0.2, -0.15) is 5.26 Å². The Balaban J connectivity index is 1.81. The number of rotatable bonds is 4. The molecule has 17 heavy (non-hydrogen) atoms. The number of carbonyl (C=O) groups excluding carboxylic acids is 1. The first kappa shape index (κ1) is 12.1. The van der Waals surface area contributed by atoms with Gasteiger partial charge in [-0.05, 0) is 49.6 Å². The van der Waals surface area contributed by atoms with Gasteiger partial charge in [-0.15, -0.1) is 11.3 Å². The van der Waals surface area contributed by atoms with Crippen molar-refractivity contribution < 1.29 is 4.79 Å². The van der Waals surface area contributed by atoms with Crippen LogP contribution in [0.3, 0.4) is 0 Å². The predicted octanol–water partition coefficient (Wildman–Crippen LogP) is 2.41. The molecule has 1 heterocycles. The lowest BCUT2D eigenvalue weighted by Gasteiger charge is -2.33. The van der Waals surface area contributed by atoms with E-state index in [1.165, 1.54) is 10.4 Å². The number of nitriles is 1. The molecule has 0 radical (unpaired) electrons. The third kappa shape index (κ3) is 2.34. The highest BCUT2D eigenvalue weighted by Crippen LogP contribution is 2.40. The molecule has 0 aromatic carbocycles. The van der Waals surface area contributed by atoms with Gasteiger partial charge >= 0.3 is 0 Å². The average Bonchev–Trinajstić information content (AvgIpc) is 2.64. The maximum absolute atomic E-state index is 11.9. The van der Waals surface area contributed by atoms with Crippen molar-refractivity contribution >= 4 is 17.2 Å². The Morgan fingerprint density at radius 2 is 2.41 bits per heavy atom. The molecule has 1 aromatic heterocycles. The van der Waals surface area contributed by atoms with Crippen LogP contribution in [0.2, 0.25) is 0 Å². The first-order valence-electron chi connectivity index (χ1n) is 5.90. The highest BCUT2D eigenvalue weighted by Gasteiger charge is 2.44. The van der Waals surface area contributed by atoms with Crippen LogP contribution in [0.4, 0.5) is 0 Å². The maximum atomic E-state index is 11.9. The number of carbonyl (C=O) groups is 1. The van der Waals surface area contributed by atoms with Crippen LogP contribution in [0.15, 0.2) is 11.4 Å². The van der Waals surface area contributed by atoms with Gasteiger partial charge in [0.25, 0.3) is 0 Å². The fourth-order valence-electron chi connectivity index (χ4n) is 2.04. The smallest absolute Gasteiger partial charge is 0.240 e. The zero-order valence-electron chi connectivity index (χ0n) is 9.95. The number of thiophene rings is 1. The Kier molecular flexibility index (Phi) is 3.49. The molecule has 0 bridgehead atoms. The van der Waals surface area contributed by atoms with Gasteiger partial charge < -0.3 is 5.32 Å². The van der Waals surface area contributed by atoms with Gasteiger partial charge in [0.2, 0.25) is 5.91 Å². The minimum atomic E-state index is -0.718. The molecule has 1 aromatic rings. The lowest BCUT2D eigenvalue weighted by molar-refractivity contribution is -0.131. The molecular weight excluding hydrogens is 232 g/mol. The molecule has 0 saturated heterocycles. The zero-order chi connectivity index (χ0) is 12.3. The molecule has 0 unspecified atom stereocenters. The first-order chi connectivity index (χ1) is 8.18. The maximum Gasteiger partial charge on any atom is 0.240 e. The Bertz CT molecular complexity index is 454. The average molecular weight is 248 g/mol. The molecule has 1 amide bonds. The molecule has 0 aliphatic heterocycles. The van der Waals surface area contributed by atoms with Crippen molar-refractivity contribution in [1.29, 1.82) is 5.26 Å². The summed E-state index contributed by atoms with van der Waals surface area (Å²) in [5.74, 6) is -0.0829. The fourth-order valence-corrected chi connectivity index (χ4v) is 2.95. The van der Waals surface area contributed by atoms with E-state index in [0.717, 1.165) is 12.8 Å². The van der Waals surface area contributed by atoms with Crippen LogP contribution in [0.25, 0.3) is 0 Å². The predicted molar refractivity (Wildman–Crippen MR) is 67.7 cm³/mol. The number of hydrogen-bond donors (Lipinski definition) is 1. The molecule has 2 rings (SSSR count). The molecule has 0 atom stereocenters. The van der Waals surface area contributed by atoms with Crippen LogP contribution in [0.1, 0.15) is 29.7 Å².